The van der Waals surface area contributed by atoms with Crippen LogP contribution in [0.5, 0.6) is 5.88 Å². The number of esters is 1. The highest BCUT2D eigenvalue weighted by molar-refractivity contribution is 5.98. The van der Waals surface area contributed by atoms with E-state index in [0.29, 0.717) is 13.2 Å². The largest absolute Gasteiger partial charge is 0.477 e. The molecule has 8 nitrogen and oxygen atoms in total. The topological polar surface area (TPSA) is 97.8 Å². The zero-order valence-corrected chi connectivity index (χ0v) is 11.5. The maximum atomic E-state index is 11.9. The van der Waals surface area contributed by atoms with E-state index in [4.69, 9.17) is 9.47 Å². The Labute approximate surface area is 121 Å². The van der Waals surface area contributed by atoms with E-state index in [0.717, 1.165) is 4.90 Å². The van der Waals surface area contributed by atoms with Crippen molar-refractivity contribution < 1.29 is 23.9 Å². The standard InChI is InChI=1S/C13H15N3O5/c1-2-20-11-9(4-3-5-14-11)12(18)21-8-10(17)16-7-6-15-13(16)19/h3-5H,2,6-8H2,1H3,(H,15,19). The molecule has 0 radical (unpaired) electrons. The summed E-state index contributed by atoms with van der Waals surface area (Å²) in [7, 11) is 0. The van der Waals surface area contributed by atoms with E-state index in [1.165, 1.54) is 12.3 Å². The lowest BCUT2D eigenvalue weighted by atomic mass is 10.3. The van der Waals surface area contributed by atoms with Crippen LogP contribution >= 0.6 is 0 Å². The molecule has 0 bridgehead atoms. The predicted octanol–water partition coefficient (Wildman–Crippen LogP) is 0.189. The Bertz CT molecular complexity index is 560. The van der Waals surface area contributed by atoms with Gasteiger partial charge < -0.3 is 14.8 Å². The Balaban J connectivity index is 1.95. The van der Waals surface area contributed by atoms with Gasteiger partial charge in [0.25, 0.3) is 5.91 Å². The number of carbonyl (C=O) groups excluding carboxylic acids is 3. The van der Waals surface area contributed by atoms with E-state index < -0.39 is 24.5 Å². The first-order valence-electron chi connectivity index (χ1n) is 6.46. The highest BCUT2D eigenvalue weighted by atomic mass is 16.5. The Morgan fingerprint density at radius 3 is 2.95 bits per heavy atom. The maximum absolute atomic E-state index is 11.9. The predicted molar refractivity (Wildman–Crippen MR) is 70.8 cm³/mol. The molecule has 0 atom stereocenters. The molecule has 112 valence electrons. The van der Waals surface area contributed by atoms with Gasteiger partial charge in [0.15, 0.2) is 6.61 Å². The Morgan fingerprint density at radius 2 is 2.29 bits per heavy atom. The van der Waals surface area contributed by atoms with Gasteiger partial charge in [0, 0.05) is 19.3 Å². The van der Waals surface area contributed by atoms with Crippen molar-refractivity contribution in [2.45, 2.75) is 6.92 Å². The van der Waals surface area contributed by atoms with Gasteiger partial charge in [-0.25, -0.2) is 14.6 Å². The second-order valence-electron chi connectivity index (χ2n) is 4.14. The highest BCUT2D eigenvalue weighted by Gasteiger charge is 2.27. The lowest BCUT2D eigenvalue weighted by Crippen LogP contribution is -2.37. The zero-order valence-electron chi connectivity index (χ0n) is 11.5. The van der Waals surface area contributed by atoms with Crippen molar-refractivity contribution in [2.24, 2.45) is 0 Å². The minimum atomic E-state index is -0.723. The number of pyridine rings is 1. The van der Waals surface area contributed by atoms with Crippen LogP contribution < -0.4 is 10.1 Å². The van der Waals surface area contributed by atoms with E-state index in [1.54, 1.807) is 13.0 Å². The van der Waals surface area contributed by atoms with Crippen molar-refractivity contribution in [1.29, 1.82) is 0 Å². The molecular formula is C13H15N3O5. The molecular weight excluding hydrogens is 278 g/mol. The van der Waals surface area contributed by atoms with Crippen molar-refractivity contribution in [2.75, 3.05) is 26.3 Å². The second kappa shape index (κ2) is 6.69. The van der Waals surface area contributed by atoms with Gasteiger partial charge in [-0.05, 0) is 19.1 Å². The molecule has 8 heteroatoms. The van der Waals surface area contributed by atoms with Gasteiger partial charge in [-0.3, -0.25) is 9.69 Å². The fraction of sp³-hybridized carbons (Fsp3) is 0.385. The van der Waals surface area contributed by atoms with Crippen LogP contribution in [0, 0.1) is 0 Å². The Hall–Kier alpha value is -2.64. The number of imide groups is 1. The number of rotatable bonds is 5. The minimum Gasteiger partial charge on any atom is -0.477 e. The molecule has 2 rings (SSSR count). The van der Waals surface area contributed by atoms with Crippen molar-refractivity contribution in [3.8, 4) is 5.88 Å². The first kappa shape index (κ1) is 14.8. The highest BCUT2D eigenvalue weighted by Crippen LogP contribution is 2.15. The van der Waals surface area contributed by atoms with E-state index >= 15 is 0 Å². The summed E-state index contributed by atoms with van der Waals surface area (Å²) >= 11 is 0. The van der Waals surface area contributed by atoms with Crippen LogP contribution in [0.4, 0.5) is 4.79 Å². The van der Waals surface area contributed by atoms with Gasteiger partial charge in [0.1, 0.15) is 5.56 Å². The molecule has 0 spiro atoms. The molecule has 1 fully saturated rings. The van der Waals surface area contributed by atoms with Gasteiger partial charge in [-0.2, -0.15) is 0 Å². The first-order valence-corrected chi connectivity index (χ1v) is 6.46. The van der Waals surface area contributed by atoms with Gasteiger partial charge in [-0.1, -0.05) is 0 Å². The molecule has 0 saturated carbocycles. The third-order valence-corrected chi connectivity index (χ3v) is 2.76. The minimum absolute atomic E-state index is 0.137. The number of aromatic nitrogens is 1. The SMILES string of the molecule is CCOc1ncccc1C(=O)OCC(=O)N1CCNC1=O. The molecule has 1 saturated heterocycles. The fourth-order valence-electron chi connectivity index (χ4n) is 1.79. The van der Waals surface area contributed by atoms with Gasteiger partial charge in [0.2, 0.25) is 5.88 Å². The van der Waals surface area contributed by atoms with Gasteiger partial charge in [0.05, 0.1) is 6.61 Å². The third-order valence-electron chi connectivity index (χ3n) is 2.76. The Morgan fingerprint density at radius 1 is 1.48 bits per heavy atom. The number of hydrogen-bond donors (Lipinski definition) is 1. The lowest BCUT2D eigenvalue weighted by molar-refractivity contribution is -0.130. The van der Waals surface area contributed by atoms with Crippen LogP contribution in [-0.4, -0.2) is 54.1 Å². The van der Waals surface area contributed by atoms with E-state index in [-0.39, 0.29) is 18.0 Å². The summed E-state index contributed by atoms with van der Waals surface area (Å²) in [4.78, 5) is 39.9. The number of hydrogen-bond acceptors (Lipinski definition) is 6. The van der Waals surface area contributed by atoms with Crippen LogP contribution in [-0.2, 0) is 9.53 Å². The van der Waals surface area contributed by atoms with Crippen molar-refractivity contribution in [3.05, 3.63) is 23.9 Å². The van der Waals surface area contributed by atoms with Gasteiger partial charge in [-0.15, -0.1) is 0 Å². The Kier molecular flexibility index (Phi) is 4.70. The normalized spacial score (nSPS) is 13.8. The molecule has 1 N–H and O–H groups in total. The molecule has 0 unspecified atom stereocenters. The van der Waals surface area contributed by atoms with E-state index in [9.17, 15) is 14.4 Å². The summed E-state index contributed by atoms with van der Waals surface area (Å²) in [5, 5.41) is 2.49. The molecule has 3 amide bonds. The number of nitrogens with zero attached hydrogens (tertiary/aromatic N) is 2. The first-order chi connectivity index (χ1) is 10.1. The molecule has 0 aliphatic carbocycles. The number of amides is 3. The molecule has 1 aromatic heterocycles. The van der Waals surface area contributed by atoms with Crippen molar-refractivity contribution >= 4 is 17.9 Å². The molecule has 2 heterocycles. The lowest BCUT2D eigenvalue weighted by Gasteiger charge is -2.12. The summed E-state index contributed by atoms with van der Waals surface area (Å²) < 4.78 is 10.1. The summed E-state index contributed by atoms with van der Waals surface area (Å²) in [6.45, 7) is 2.28. The number of nitrogens with one attached hydrogen (secondary N) is 1. The second-order valence-corrected chi connectivity index (χ2v) is 4.14. The average Bonchev–Trinajstić information content (AvgIpc) is 2.91. The molecule has 1 aromatic rings. The number of urea groups is 1. The van der Waals surface area contributed by atoms with Crippen LogP contribution in [0.2, 0.25) is 0 Å². The van der Waals surface area contributed by atoms with Crippen molar-refractivity contribution in [1.82, 2.24) is 15.2 Å². The molecule has 0 aromatic carbocycles. The van der Waals surface area contributed by atoms with Crippen LogP contribution in [0.3, 0.4) is 0 Å². The third kappa shape index (κ3) is 3.47. The monoisotopic (exact) mass is 293 g/mol. The smallest absolute Gasteiger partial charge is 0.344 e. The summed E-state index contributed by atoms with van der Waals surface area (Å²) in [6.07, 6.45) is 1.49. The van der Waals surface area contributed by atoms with E-state index in [1.807, 2.05) is 0 Å². The zero-order chi connectivity index (χ0) is 15.2. The summed E-state index contributed by atoms with van der Waals surface area (Å²) in [6, 6.07) is 2.58. The molecule has 1 aliphatic heterocycles. The number of carbonyl (C=O) groups is 3. The number of ether oxygens (including phenoxy) is 2. The fourth-order valence-corrected chi connectivity index (χ4v) is 1.79. The van der Waals surface area contributed by atoms with Crippen LogP contribution in [0.15, 0.2) is 18.3 Å². The molecule has 21 heavy (non-hydrogen) atoms. The van der Waals surface area contributed by atoms with Crippen LogP contribution in [0.1, 0.15) is 17.3 Å². The van der Waals surface area contributed by atoms with Crippen LogP contribution in [0.25, 0.3) is 0 Å². The maximum Gasteiger partial charge on any atom is 0.344 e. The van der Waals surface area contributed by atoms with E-state index in [2.05, 4.69) is 10.3 Å². The summed E-state index contributed by atoms with van der Waals surface area (Å²) in [5.74, 6) is -1.14. The van der Waals surface area contributed by atoms with Crippen molar-refractivity contribution in [3.63, 3.8) is 0 Å². The van der Waals surface area contributed by atoms with Gasteiger partial charge >= 0.3 is 12.0 Å². The molecule has 1 aliphatic rings. The summed E-state index contributed by atoms with van der Waals surface area (Å²) in [5.41, 5.74) is 0.137. The quantitative estimate of drug-likeness (QED) is 0.778. The average molecular weight is 293 g/mol.